The van der Waals surface area contributed by atoms with Crippen LogP contribution < -0.4 is 10.6 Å². The molecule has 4 nitrogen and oxygen atoms in total. The summed E-state index contributed by atoms with van der Waals surface area (Å²) in [7, 11) is 0. The molecule has 0 heterocycles. The Morgan fingerprint density at radius 1 is 1.08 bits per heavy atom. The first-order valence-corrected chi connectivity index (χ1v) is 9.33. The van der Waals surface area contributed by atoms with Gasteiger partial charge in [-0.25, -0.2) is 0 Å². The number of nitrogens with one attached hydrogen (secondary N) is 2. The van der Waals surface area contributed by atoms with Gasteiger partial charge in [-0.1, -0.05) is 29.8 Å². The van der Waals surface area contributed by atoms with Crippen LogP contribution in [0, 0.1) is 13.8 Å². The summed E-state index contributed by atoms with van der Waals surface area (Å²) in [6, 6.07) is 13.0. The van der Waals surface area contributed by atoms with E-state index in [0.29, 0.717) is 10.7 Å². The second-order valence-corrected chi connectivity index (χ2v) is 7.56. The van der Waals surface area contributed by atoms with Gasteiger partial charge in [0.1, 0.15) is 0 Å². The molecule has 1 atom stereocenters. The lowest BCUT2D eigenvalue weighted by Crippen LogP contribution is -2.25. The van der Waals surface area contributed by atoms with Gasteiger partial charge in [0, 0.05) is 16.4 Å². The van der Waals surface area contributed by atoms with Crippen LogP contribution in [0.1, 0.15) is 18.1 Å². The topological polar surface area (TPSA) is 58.2 Å². The van der Waals surface area contributed by atoms with Crippen molar-refractivity contribution in [1.82, 2.24) is 0 Å². The van der Waals surface area contributed by atoms with E-state index in [1.54, 1.807) is 19.1 Å². The Kier molecular flexibility index (Phi) is 6.91. The number of aryl methyl sites for hydroxylation is 2. The highest BCUT2D eigenvalue weighted by molar-refractivity contribution is 8.01. The van der Waals surface area contributed by atoms with Crippen LogP contribution in [0.2, 0.25) is 5.02 Å². The zero-order valence-corrected chi connectivity index (χ0v) is 16.0. The van der Waals surface area contributed by atoms with Crippen molar-refractivity contribution in [3.63, 3.8) is 0 Å². The maximum Gasteiger partial charge on any atom is 0.237 e. The summed E-state index contributed by atoms with van der Waals surface area (Å²) in [6.45, 7) is 5.64. The lowest BCUT2D eigenvalue weighted by Gasteiger charge is -2.13. The number of amides is 2. The molecule has 0 aliphatic rings. The van der Waals surface area contributed by atoms with E-state index >= 15 is 0 Å². The van der Waals surface area contributed by atoms with E-state index in [1.807, 2.05) is 44.2 Å². The Morgan fingerprint density at radius 3 is 2.48 bits per heavy atom. The molecule has 0 bridgehead atoms. The van der Waals surface area contributed by atoms with E-state index in [9.17, 15) is 9.59 Å². The van der Waals surface area contributed by atoms with Gasteiger partial charge in [-0.15, -0.1) is 11.8 Å². The molecule has 6 heteroatoms. The number of rotatable bonds is 6. The van der Waals surface area contributed by atoms with Crippen molar-refractivity contribution in [2.24, 2.45) is 0 Å². The molecule has 2 rings (SSSR count). The lowest BCUT2D eigenvalue weighted by atomic mass is 10.2. The van der Waals surface area contributed by atoms with Gasteiger partial charge in [-0.2, -0.15) is 0 Å². The van der Waals surface area contributed by atoms with Crippen LogP contribution in [0.5, 0.6) is 0 Å². The number of thioether (sulfide) groups is 1. The molecule has 0 fully saturated rings. The van der Waals surface area contributed by atoms with Gasteiger partial charge in [-0.3, -0.25) is 9.59 Å². The van der Waals surface area contributed by atoms with E-state index in [0.717, 1.165) is 16.8 Å². The van der Waals surface area contributed by atoms with Gasteiger partial charge in [0.05, 0.1) is 11.0 Å². The van der Waals surface area contributed by atoms with Gasteiger partial charge in [-0.05, 0) is 56.2 Å². The molecule has 0 saturated carbocycles. The van der Waals surface area contributed by atoms with Crippen LogP contribution in [0.3, 0.4) is 0 Å². The summed E-state index contributed by atoms with van der Waals surface area (Å²) >= 11 is 7.34. The average Bonchev–Trinajstić information content (AvgIpc) is 2.56. The average molecular weight is 377 g/mol. The summed E-state index contributed by atoms with van der Waals surface area (Å²) in [6.07, 6.45) is 0. The second-order valence-electron chi connectivity index (χ2n) is 5.82. The first-order valence-electron chi connectivity index (χ1n) is 7.90. The Hall–Kier alpha value is -1.98. The van der Waals surface area contributed by atoms with Crippen LogP contribution in [-0.4, -0.2) is 22.8 Å². The summed E-state index contributed by atoms with van der Waals surface area (Å²) in [4.78, 5) is 24.2. The summed E-state index contributed by atoms with van der Waals surface area (Å²) in [5.41, 5.74) is 3.44. The van der Waals surface area contributed by atoms with E-state index in [4.69, 9.17) is 11.6 Å². The number of anilines is 2. The first-order chi connectivity index (χ1) is 11.8. The largest absolute Gasteiger partial charge is 0.325 e. The van der Waals surface area contributed by atoms with Crippen LogP contribution >= 0.6 is 23.4 Å². The number of benzene rings is 2. The molecule has 0 aliphatic carbocycles. The normalized spacial score (nSPS) is 11.7. The van der Waals surface area contributed by atoms with Crippen molar-refractivity contribution in [2.45, 2.75) is 26.0 Å². The van der Waals surface area contributed by atoms with Crippen LogP contribution in [-0.2, 0) is 9.59 Å². The van der Waals surface area contributed by atoms with E-state index in [2.05, 4.69) is 10.6 Å². The highest BCUT2D eigenvalue weighted by atomic mass is 35.5. The third kappa shape index (κ3) is 6.11. The number of carbonyl (C=O) groups is 2. The number of halogens is 1. The van der Waals surface area contributed by atoms with Gasteiger partial charge in [0.25, 0.3) is 0 Å². The minimum atomic E-state index is -0.358. The summed E-state index contributed by atoms with van der Waals surface area (Å²) in [5.74, 6) is -0.0844. The minimum Gasteiger partial charge on any atom is -0.325 e. The van der Waals surface area contributed by atoms with Crippen LogP contribution in [0.15, 0.2) is 42.5 Å². The predicted octanol–water partition coefficient (Wildman–Crippen LogP) is 4.66. The molecule has 132 valence electrons. The molecule has 0 saturated heterocycles. The molecular weight excluding hydrogens is 356 g/mol. The van der Waals surface area contributed by atoms with Crippen molar-refractivity contribution < 1.29 is 9.59 Å². The molecule has 2 N–H and O–H groups in total. The predicted molar refractivity (Wildman–Crippen MR) is 107 cm³/mol. The van der Waals surface area contributed by atoms with Crippen LogP contribution in [0.4, 0.5) is 11.4 Å². The summed E-state index contributed by atoms with van der Waals surface area (Å²) < 4.78 is 0. The number of hydrogen-bond acceptors (Lipinski definition) is 3. The molecule has 2 aromatic carbocycles. The fraction of sp³-hybridized carbons (Fsp3) is 0.263. The maximum absolute atomic E-state index is 12.2. The molecule has 2 aromatic rings. The quantitative estimate of drug-likeness (QED) is 0.771. The third-order valence-electron chi connectivity index (χ3n) is 3.57. The van der Waals surface area contributed by atoms with Gasteiger partial charge >= 0.3 is 0 Å². The Labute approximate surface area is 157 Å². The molecule has 0 aromatic heterocycles. The van der Waals surface area contributed by atoms with Crippen molar-refractivity contribution >= 4 is 46.6 Å². The van der Waals surface area contributed by atoms with Crippen molar-refractivity contribution in [1.29, 1.82) is 0 Å². The highest BCUT2D eigenvalue weighted by Gasteiger charge is 2.16. The zero-order chi connectivity index (χ0) is 18.4. The van der Waals surface area contributed by atoms with Gasteiger partial charge in [0.2, 0.25) is 11.8 Å². The van der Waals surface area contributed by atoms with E-state index in [1.165, 1.54) is 11.8 Å². The van der Waals surface area contributed by atoms with E-state index in [-0.39, 0.29) is 22.8 Å². The summed E-state index contributed by atoms with van der Waals surface area (Å²) in [5, 5.41) is 5.90. The zero-order valence-electron chi connectivity index (χ0n) is 14.4. The molecule has 2 amide bonds. The lowest BCUT2D eigenvalue weighted by molar-refractivity contribution is -0.115. The number of carbonyl (C=O) groups excluding carboxylic acids is 2. The standard InChI is InChI=1S/C19H21ClN2O2S/c1-12-5-4-6-15(9-12)21-18(23)11-25-14(3)19(24)22-16-8-7-13(2)17(20)10-16/h4-10,14H,11H2,1-3H3,(H,21,23)(H,22,24). The molecule has 0 radical (unpaired) electrons. The van der Waals surface area contributed by atoms with Crippen molar-refractivity contribution in [2.75, 3.05) is 16.4 Å². The Bertz CT molecular complexity index is 780. The minimum absolute atomic E-state index is 0.131. The van der Waals surface area contributed by atoms with Gasteiger partial charge in [0.15, 0.2) is 0 Å². The fourth-order valence-electron chi connectivity index (χ4n) is 2.11. The molecular formula is C19H21ClN2O2S. The second kappa shape index (κ2) is 8.92. The maximum atomic E-state index is 12.2. The first kappa shape index (κ1) is 19.3. The van der Waals surface area contributed by atoms with Crippen molar-refractivity contribution in [3.05, 3.63) is 58.6 Å². The number of hydrogen-bond donors (Lipinski definition) is 2. The smallest absolute Gasteiger partial charge is 0.237 e. The highest BCUT2D eigenvalue weighted by Crippen LogP contribution is 2.21. The third-order valence-corrected chi connectivity index (χ3v) is 5.12. The fourth-order valence-corrected chi connectivity index (χ4v) is 2.98. The molecule has 1 unspecified atom stereocenters. The monoisotopic (exact) mass is 376 g/mol. The SMILES string of the molecule is Cc1cccc(NC(=O)CSC(C)C(=O)Nc2ccc(C)c(Cl)c2)c1. The molecule has 0 aliphatic heterocycles. The van der Waals surface area contributed by atoms with Crippen molar-refractivity contribution in [3.8, 4) is 0 Å². The van der Waals surface area contributed by atoms with Crippen LogP contribution in [0.25, 0.3) is 0 Å². The van der Waals surface area contributed by atoms with E-state index < -0.39 is 0 Å². The van der Waals surface area contributed by atoms with Gasteiger partial charge < -0.3 is 10.6 Å². The molecule has 25 heavy (non-hydrogen) atoms. The Morgan fingerprint density at radius 2 is 1.80 bits per heavy atom. The Balaban J connectivity index is 1.82. The molecule has 0 spiro atoms.